The summed E-state index contributed by atoms with van der Waals surface area (Å²) in [6, 6.07) is 7.01. The minimum Gasteiger partial charge on any atom is -0.507 e. The van der Waals surface area contributed by atoms with E-state index in [4.69, 9.17) is 4.42 Å². The summed E-state index contributed by atoms with van der Waals surface area (Å²) >= 11 is 1.25. The Labute approximate surface area is 119 Å². The van der Waals surface area contributed by atoms with Gasteiger partial charge in [0.2, 0.25) is 11.8 Å². The fourth-order valence-electron chi connectivity index (χ4n) is 1.66. The minimum absolute atomic E-state index is 0.134. The van der Waals surface area contributed by atoms with Crippen LogP contribution in [0.2, 0.25) is 0 Å². The van der Waals surface area contributed by atoms with E-state index in [1.807, 2.05) is 0 Å². The van der Waals surface area contributed by atoms with Crippen molar-refractivity contribution in [3.05, 3.63) is 30.2 Å². The van der Waals surface area contributed by atoms with Crippen molar-refractivity contribution in [3.63, 3.8) is 0 Å². The molecule has 1 amide bonds. The molecule has 1 aromatic carbocycles. The van der Waals surface area contributed by atoms with Crippen LogP contribution in [0, 0.1) is 0 Å². The number of amides is 1. The second-order valence-corrected chi connectivity index (χ2v) is 5.54. The van der Waals surface area contributed by atoms with Crippen LogP contribution >= 0.6 is 11.8 Å². The molecule has 0 atom stereocenters. The maximum Gasteiger partial charge on any atom is 0.322 e. The topological polar surface area (TPSA) is 88.2 Å². The van der Waals surface area contributed by atoms with Crippen LogP contribution < -0.4 is 5.32 Å². The molecule has 1 fully saturated rings. The van der Waals surface area contributed by atoms with Crippen molar-refractivity contribution in [2.75, 3.05) is 11.1 Å². The van der Waals surface area contributed by atoms with Crippen LogP contribution in [0.5, 0.6) is 5.75 Å². The Balaban J connectivity index is 1.52. The van der Waals surface area contributed by atoms with Gasteiger partial charge >= 0.3 is 6.01 Å². The molecule has 0 unspecified atom stereocenters. The third-order valence-electron chi connectivity index (χ3n) is 2.84. The van der Waals surface area contributed by atoms with Gasteiger partial charge in [0.15, 0.2) is 0 Å². The van der Waals surface area contributed by atoms with Gasteiger partial charge in [-0.3, -0.25) is 10.1 Å². The average Bonchev–Trinajstić information content (AvgIpc) is 3.19. The molecule has 20 heavy (non-hydrogen) atoms. The van der Waals surface area contributed by atoms with Gasteiger partial charge in [0.1, 0.15) is 5.75 Å². The van der Waals surface area contributed by atoms with Crippen LogP contribution in [0.15, 0.2) is 33.6 Å². The zero-order valence-electron chi connectivity index (χ0n) is 10.6. The Bertz CT molecular complexity index is 625. The molecule has 7 heteroatoms. The van der Waals surface area contributed by atoms with Gasteiger partial charge in [-0.2, -0.15) is 0 Å². The molecule has 2 N–H and O–H groups in total. The Morgan fingerprint density at radius 2 is 2.20 bits per heavy atom. The molecule has 2 aromatic rings. The number of hydrogen-bond donors (Lipinski definition) is 2. The lowest BCUT2D eigenvalue weighted by Gasteiger charge is -2.03. The number of rotatable bonds is 5. The van der Waals surface area contributed by atoms with Gasteiger partial charge in [-0.15, -0.1) is 16.9 Å². The first-order valence-electron chi connectivity index (χ1n) is 6.26. The van der Waals surface area contributed by atoms with Crippen LogP contribution in [-0.2, 0) is 4.79 Å². The van der Waals surface area contributed by atoms with Crippen molar-refractivity contribution in [2.24, 2.45) is 0 Å². The molecule has 1 aliphatic carbocycles. The molecule has 1 aliphatic rings. The summed E-state index contributed by atoms with van der Waals surface area (Å²) in [4.78, 5) is 12.4. The van der Waals surface area contributed by atoms with Crippen molar-refractivity contribution in [1.29, 1.82) is 0 Å². The monoisotopic (exact) mass is 291 g/mol. The first kappa shape index (κ1) is 13.0. The number of benzene rings is 1. The van der Waals surface area contributed by atoms with E-state index in [1.165, 1.54) is 11.8 Å². The number of nitrogens with one attached hydrogen (secondary N) is 1. The van der Waals surface area contributed by atoms with E-state index in [0.717, 1.165) is 12.8 Å². The summed E-state index contributed by atoms with van der Waals surface area (Å²) in [5.74, 6) is 1.04. The molecule has 0 aliphatic heterocycles. The number of phenolic OH excluding ortho intramolecular Hbond substituents is 1. The lowest BCUT2D eigenvalue weighted by molar-refractivity contribution is -0.113. The van der Waals surface area contributed by atoms with E-state index in [-0.39, 0.29) is 23.4 Å². The molecule has 6 nitrogen and oxygen atoms in total. The summed E-state index contributed by atoms with van der Waals surface area (Å²) in [6.07, 6.45) is 2.14. The average molecular weight is 291 g/mol. The quantitative estimate of drug-likeness (QED) is 0.822. The van der Waals surface area contributed by atoms with E-state index in [9.17, 15) is 9.90 Å². The molecule has 1 heterocycles. The van der Waals surface area contributed by atoms with Crippen LogP contribution in [0.25, 0.3) is 0 Å². The smallest absolute Gasteiger partial charge is 0.322 e. The molecule has 0 radical (unpaired) electrons. The standard InChI is InChI=1S/C13H13N3O3S/c17-9-3-1-2-4-10(9)20-7-11(18)14-13-16-15-12(19-13)8-5-6-8/h1-4,8,17H,5-7H2,(H,14,16,18). The first-order valence-corrected chi connectivity index (χ1v) is 7.25. The summed E-state index contributed by atoms with van der Waals surface area (Å²) in [5.41, 5.74) is 0. The lowest BCUT2D eigenvalue weighted by atomic mass is 10.3. The van der Waals surface area contributed by atoms with E-state index in [0.29, 0.717) is 16.7 Å². The number of anilines is 1. The second kappa shape index (κ2) is 5.54. The molecule has 1 saturated carbocycles. The van der Waals surface area contributed by atoms with Crippen LogP contribution in [-0.4, -0.2) is 27.0 Å². The highest BCUT2D eigenvalue weighted by molar-refractivity contribution is 8.00. The Morgan fingerprint density at radius 1 is 1.40 bits per heavy atom. The van der Waals surface area contributed by atoms with E-state index < -0.39 is 0 Å². The van der Waals surface area contributed by atoms with Gasteiger partial charge in [-0.1, -0.05) is 17.2 Å². The fourth-order valence-corrected chi connectivity index (χ4v) is 2.41. The summed E-state index contributed by atoms with van der Waals surface area (Å²) in [5, 5.41) is 19.8. The number of para-hydroxylation sites is 1. The second-order valence-electron chi connectivity index (χ2n) is 4.52. The molecule has 104 valence electrons. The van der Waals surface area contributed by atoms with Gasteiger partial charge in [0, 0.05) is 10.8 Å². The van der Waals surface area contributed by atoms with Crippen molar-refractivity contribution in [1.82, 2.24) is 10.2 Å². The molecule has 0 spiro atoms. The van der Waals surface area contributed by atoms with Gasteiger partial charge in [-0.05, 0) is 25.0 Å². The maximum atomic E-state index is 11.8. The third kappa shape index (κ3) is 3.11. The fraction of sp³-hybridized carbons (Fsp3) is 0.308. The van der Waals surface area contributed by atoms with E-state index in [1.54, 1.807) is 24.3 Å². The van der Waals surface area contributed by atoms with Crippen molar-refractivity contribution >= 4 is 23.7 Å². The third-order valence-corrected chi connectivity index (χ3v) is 3.90. The minimum atomic E-state index is -0.246. The number of nitrogens with zero attached hydrogens (tertiary/aromatic N) is 2. The molecule has 3 rings (SSSR count). The van der Waals surface area contributed by atoms with Crippen molar-refractivity contribution < 1.29 is 14.3 Å². The zero-order chi connectivity index (χ0) is 13.9. The summed E-state index contributed by atoms with van der Waals surface area (Å²) < 4.78 is 5.34. The van der Waals surface area contributed by atoms with Crippen LogP contribution in [0.4, 0.5) is 6.01 Å². The molecule has 1 aromatic heterocycles. The van der Waals surface area contributed by atoms with Crippen LogP contribution in [0.3, 0.4) is 0 Å². The Hall–Kier alpha value is -2.02. The molecular weight excluding hydrogens is 278 g/mol. The van der Waals surface area contributed by atoms with E-state index in [2.05, 4.69) is 15.5 Å². The molecule has 0 saturated heterocycles. The Morgan fingerprint density at radius 3 is 2.95 bits per heavy atom. The number of hydrogen-bond acceptors (Lipinski definition) is 6. The number of phenols is 1. The normalized spacial score (nSPS) is 14.2. The Kier molecular flexibility index (Phi) is 3.60. The molecule has 0 bridgehead atoms. The van der Waals surface area contributed by atoms with Crippen molar-refractivity contribution in [3.8, 4) is 5.75 Å². The number of aromatic hydroxyl groups is 1. The lowest BCUT2D eigenvalue weighted by Crippen LogP contribution is -2.14. The van der Waals surface area contributed by atoms with Crippen molar-refractivity contribution in [2.45, 2.75) is 23.7 Å². The summed E-state index contributed by atoms with van der Waals surface area (Å²) in [6.45, 7) is 0. The number of aromatic nitrogens is 2. The number of carbonyl (C=O) groups excluding carboxylic acids is 1. The SMILES string of the molecule is O=C(CSc1ccccc1O)Nc1nnc(C2CC2)o1. The highest BCUT2D eigenvalue weighted by Crippen LogP contribution is 2.39. The number of thioether (sulfide) groups is 1. The van der Waals surface area contributed by atoms with Crippen LogP contribution in [0.1, 0.15) is 24.7 Å². The summed E-state index contributed by atoms with van der Waals surface area (Å²) in [7, 11) is 0. The predicted molar refractivity (Wildman–Crippen MR) is 73.7 cm³/mol. The van der Waals surface area contributed by atoms with Gasteiger partial charge in [0.05, 0.1) is 5.75 Å². The van der Waals surface area contributed by atoms with E-state index >= 15 is 0 Å². The van der Waals surface area contributed by atoms with Gasteiger partial charge < -0.3 is 9.52 Å². The highest BCUT2D eigenvalue weighted by atomic mass is 32.2. The maximum absolute atomic E-state index is 11.8. The largest absolute Gasteiger partial charge is 0.507 e. The zero-order valence-corrected chi connectivity index (χ0v) is 11.4. The van der Waals surface area contributed by atoms with Gasteiger partial charge in [0.25, 0.3) is 0 Å². The number of carbonyl (C=O) groups is 1. The van der Waals surface area contributed by atoms with Gasteiger partial charge in [-0.25, -0.2) is 0 Å². The predicted octanol–water partition coefficient (Wildman–Crippen LogP) is 2.38. The highest BCUT2D eigenvalue weighted by Gasteiger charge is 2.29. The first-order chi connectivity index (χ1) is 9.72. The molecular formula is C13H13N3O3S.